The minimum Gasteiger partial charge on any atom is -0.493 e. The standard InChI is InChI=1S/C19H14N2O3S/c1-23-15-9-5-8-13-10-16(24-17(13)15)14-11-25-19(20-14)21-18(22)12-6-3-2-4-7-12/h2-11H,1H3,(H,20,21,22). The number of benzene rings is 2. The molecule has 2 aromatic carbocycles. The summed E-state index contributed by atoms with van der Waals surface area (Å²) in [5.74, 6) is 1.13. The van der Waals surface area contributed by atoms with Gasteiger partial charge in [0.1, 0.15) is 5.69 Å². The number of hydrogen-bond acceptors (Lipinski definition) is 5. The fourth-order valence-electron chi connectivity index (χ4n) is 2.53. The second kappa shape index (κ2) is 6.41. The third-order valence-corrected chi connectivity index (χ3v) is 4.50. The number of amides is 1. The van der Waals surface area contributed by atoms with Crippen molar-refractivity contribution in [3.63, 3.8) is 0 Å². The Kier molecular flexibility index (Phi) is 3.95. The van der Waals surface area contributed by atoms with Crippen molar-refractivity contribution < 1.29 is 13.9 Å². The number of nitrogens with one attached hydrogen (secondary N) is 1. The Bertz CT molecular complexity index is 1040. The maximum atomic E-state index is 12.2. The molecule has 1 N–H and O–H groups in total. The molecule has 4 rings (SSSR count). The van der Waals surface area contributed by atoms with Gasteiger partial charge in [-0.2, -0.15) is 0 Å². The second-order valence-electron chi connectivity index (χ2n) is 5.35. The van der Waals surface area contributed by atoms with E-state index in [1.165, 1.54) is 11.3 Å². The number of nitrogens with zero attached hydrogens (tertiary/aromatic N) is 1. The predicted molar refractivity (Wildman–Crippen MR) is 98.3 cm³/mol. The summed E-state index contributed by atoms with van der Waals surface area (Å²) < 4.78 is 11.2. The van der Waals surface area contributed by atoms with Crippen LogP contribution >= 0.6 is 11.3 Å². The van der Waals surface area contributed by atoms with Gasteiger partial charge in [0.2, 0.25) is 0 Å². The minimum absolute atomic E-state index is 0.187. The molecule has 0 fully saturated rings. The van der Waals surface area contributed by atoms with E-state index in [-0.39, 0.29) is 5.91 Å². The van der Waals surface area contributed by atoms with Crippen molar-refractivity contribution in [3.05, 3.63) is 65.5 Å². The number of fused-ring (bicyclic) bond motifs is 1. The van der Waals surface area contributed by atoms with Crippen LogP contribution in [0.2, 0.25) is 0 Å². The molecule has 0 spiro atoms. The Balaban J connectivity index is 1.60. The zero-order chi connectivity index (χ0) is 17.2. The van der Waals surface area contributed by atoms with E-state index in [1.807, 2.05) is 47.8 Å². The van der Waals surface area contributed by atoms with Gasteiger partial charge in [-0.25, -0.2) is 4.98 Å². The van der Waals surface area contributed by atoms with Gasteiger partial charge in [-0.05, 0) is 24.3 Å². The average Bonchev–Trinajstić information content (AvgIpc) is 3.28. The van der Waals surface area contributed by atoms with Crippen molar-refractivity contribution in [2.45, 2.75) is 0 Å². The van der Waals surface area contributed by atoms with Gasteiger partial charge in [-0.1, -0.05) is 30.3 Å². The predicted octanol–water partition coefficient (Wildman–Crippen LogP) is 4.82. The van der Waals surface area contributed by atoms with Crippen molar-refractivity contribution in [3.8, 4) is 17.2 Å². The van der Waals surface area contributed by atoms with Gasteiger partial charge in [0.15, 0.2) is 22.2 Å². The number of thiazole rings is 1. The third kappa shape index (κ3) is 2.99. The lowest BCUT2D eigenvalue weighted by atomic mass is 10.2. The van der Waals surface area contributed by atoms with Crippen molar-refractivity contribution in [1.29, 1.82) is 0 Å². The van der Waals surface area contributed by atoms with E-state index in [0.717, 1.165) is 5.39 Å². The highest BCUT2D eigenvalue weighted by Gasteiger charge is 2.14. The molecule has 0 radical (unpaired) electrons. The molecular weight excluding hydrogens is 336 g/mol. The van der Waals surface area contributed by atoms with E-state index in [0.29, 0.717) is 33.5 Å². The van der Waals surface area contributed by atoms with Crippen LogP contribution in [0.1, 0.15) is 10.4 Å². The number of para-hydroxylation sites is 1. The molecule has 0 saturated carbocycles. The maximum Gasteiger partial charge on any atom is 0.257 e. The lowest BCUT2D eigenvalue weighted by molar-refractivity contribution is 0.102. The summed E-state index contributed by atoms with van der Waals surface area (Å²) in [6, 6.07) is 16.7. The van der Waals surface area contributed by atoms with E-state index in [4.69, 9.17) is 9.15 Å². The van der Waals surface area contributed by atoms with E-state index in [2.05, 4.69) is 10.3 Å². The van der Waals surface area contributed by atoms with Crippen LogP contribution in [-0.2, 0) is 0 Å². The van der Waals surface area contributed by atoms with Crippen LogP contribution in [0.5, 0.6) is 5.75 Å². The monoisotopic (exact) mass is 350 g/mol. The van der Waals surface area contributed by atoms with Crippen LogP contribution in [0.4, 0.5) is 5.13 Å². The number of aromatic nitrogens is 1. The van der Waals surface area contributed by atoms with Gasteiger partial charge in [-0.15, -0.1) is 11.3 Å². The summed E-state index contributed by atoms with van der Waals surface area (Å²) >= 11 is 1.35. The summed E-state index contributed by atoms with van der Waals surface area (Å²) in [6.07, 6.45) is 0. The average molecular weight is 350 g/mol. The summed E-state index contributed by atoms with van der Waals surface area (Å²) in [5.41, 5.74) is 1.95. The molecule has 4 aromatic rings. The highest BCUT2D eigenvalue weighted by Crippen LogP contribution is 2.34. The lowest BCUT2D eigenvalue weighted by Crippen LogP contribution is -2.11. The number of carbonyl (C=O) groups excluding carboxylic acids is 1. The lowest BCUT2D eigenvalue weighted by Gasteiger charge is -2.00. The fraction of sp³-hybridized carbons (Fsp3) is 0.0526. The number of anilines is 1. The Morgan fingerprint density at radius 2 is 2.00 bits per heavy atom. The molecule has 0 atom stereocenters. The molecule has 2 aromatic heterocycles. The summed E-state index contributed by atoms with van der Waals surface area (Å²) in [5, 5.41) is 6.12. The zero-order valence-electron chi connectivity index (χ0n) is 13.4. The third-order valence-electron chi connectivity index (χ3n) is 3.74. The SMILES string of the molecule is COc1cccc2cc(-c3csc(NC(=O)c4ccccc4)n3)oc12. The van der Waals surface area contributed by atoms with E-state index in [9.17, 15) is 4.79 Å². The summed E-state index contributed by atoms with van der Waals surface area (Å²) in [7, 11) is 1.61. The highest BCUT2D eigenvalue weighted by molar-refractivity contribution is 7.14. The van der Waals surface area contributed by atoms with Gasteiger partial charge in [0.25, 0.3) is 5.91 Å². The molecule has 6 heteroatoms. The number of carbonyl (C=O) groups is 1. The van der Waals surface area contributed by atoms with Crippen molar-refractivity contribution >= 4 is 33.3 Å². The molecule has 124 valence electrons. The Labute approximate surface area is 147 Å². The summed E-state index contributed by atoms with van der Waals surface area (Å²) in [4.78, 5) is 16.6. The number of hydrogen-bond donors (Lipinski definition) is 1. The summed E-state index contributed by atoms with van der Waals surface area (Å²) in [6.45, 7) is 0. The molecule has 2 heterocycles. The first-order chi connectivity index (χ1) is 12.2. The molecule has 25 heavy (non-hydrogen) atoms. The maximum absolute atomic E-state index is 12.2. The van der Waals surface area contributed by atoms with Gasteiger partial charge in [0, 0.05) is 16.3 Å². The molecule has 0 saturated heterocycles. The largest absolute Gasteiger partial charge is 0.493 e. The molecule has 0 aliphatic carbocycles. The quantitative estimate of drug-likeness (QED) is 0.573. The van der Waals surface area contributed by atoms with Crippen molar-refractivity contribution in [1.82, 2.24) is 4.98 Å². The van der Waals surface area contributed by atoms with Gasteiger partial charge in [0.05, 0.1) is 7.11 Å². The first-order valence-electron chi connectivity index (χ1n) is 7.63. The smallest absolute Gasteiger partial charge is 0.257 e. The van der Waals surface area contributed by atoms with Crippen LogP contribution in [-0.4, -0.2) is 18.0 Å². The second-order valence-corrected chi connectivity index (χ2v) is 6.21. The van der Waals surface area contributed by atoms with Crippen LogP contribution in [0.15, 0.2) is 64.4 Å². The molecule has 5 nitrogen and oxygen atoms in total. The van der Waals surface area contributed by atoms with Crippen LogP contribution in [0, 0.1) is 0 Å². The first-order valence-corrected chi connectivity index (χ1v) is 8.51. The first kappa shape index (κ1) is 15.4. The molecule has 0 bridgehead atoms. The Morgan fingerprint density at radius 3 is 2.80 bits per heavy atom. The minimum atomic E-state index is -0.187. The number of rotatable bonds is 4. The molecule has 0 unspecified atom stereocenters. The zero-order valence-corrected chi connectivity index (χ0v) is 14.2. The highest BCUT2D eigenvalue weighted by atomic mass is 32.1. The number of methoxy groups -OCH3 is 1. The topological polar surface area (TPSA) is 64.4 Å². The number of furan rings is 1. The van der Waals surface area contributed by atoms with Crippen LogP contribution in [0.3, 0.4) is 0 Å². The van der Waals surface area contributed by atoms with Gasteiger partial charge >= 0.3 is 0 Å². The van der Waals surface area contributed by atoms with Crippen LogP contribution < -0.4 is 10.1 Å². The van der Waals surface area contributed by atoms with Crippen LogP contribution in [0.25, 0.3) is 22.4 Å². The number of ether oxygens (including phenoxy) is 1. The van der Waals surface area contributed by atoms with E-state index in [1.54, 1.807) is 19.2 Å². The molecular formula is C19H14N2O3S. The normalized spacial score (nSPS) is 10.8. The van der Waals surface area contributed by atoms with E-state index < -0.39 is 0 Å². The Hall–Kier alpha value is -3.12. The van der Waals surface area contributed by atoms with Crippen molar-refractivity contribution in [2.24, 2.45) is 0 Å². The Morgan fingerprint density at radius 1 is 1.16 bits per heavy atom. The fourth-order valence-corrected chi connectivity index (χ4v) is 3.22. The van der Waals surface area contributed by atoms with E-state index >= 15 is 0 Å². The van der Waals surface area contributed by atoms with Gasteiger partial charge < -0.3 is 9.15 Å². The molecule has 1 amide bonds. The molecule has 0 aliphatic heterocycles. The van der Waals surface area contributed by atoms with Crippen molar-refractivity contribution in [2.75, 3.05) is 12.4 Å². The molecule has 0 aliphatic rings. The van der Waals surface area contributed by atoms with Gasteiger partial charge in [-0.3, -0.25) is 10.1 Å².